The lowest BCUT2D eigenvalue weighted by atomic mass is 10.2. The van der Waals surface area contributed by atoms with E-state index < -0.39 is 0 Å². The molecule has 170 valence electrons. The normalized spacial score (nSPS) is 13.8. The van der Waals surface area contributed by atoms with Crippen LogP contribution < -0.4 is 15.5 Å². The number of thiophene rings is 1. The molecule has 33 heavy (non-hydrogen) atoms. The minimum atomic E-state index is -0.374. The average Bonchev–Trinajstić information content (AvgIpc) is 3.52. The third kappa shape index (κ3) is 6.01. The highest BCUT2D eigenvalue weighted by Crippen LogP contribution is 2.30. The summed E-state index contributed by atoms with van der Waals surface area (Å²) in [6.45, 7) is 2.66. The van der Waals surface area contributed by atoms with Crippen LogP contribution >= 0.6 is 35.2 Å². The van der Waals surface area contributed by atoms with E-state index in [1.807, 2.05) is 34.5 Å². The fourth-order valence-corrected chi connectivity index (χ4v) is 4.62. The van der Waals surface area contributed by atoms with Gasteiger partial charge in [-0.1, -0.05) is 17.7 Å². The van der Waals surface area contributed by atoms with E-state index in [0.717, 1.165) is 10.6 Å². The molecule has 1 aliphatic rings. The molecule has 2 N–H and O–H groups in total. The van der Waals surface area contributed by atoms with E-state index in [9.17, 15) is 9.59 Å². The maximum absolute atomic E-state index is 12.5. The number of nitrogens with one attached hydrogen (secondary N) is 2. The molecule has 0 saturated carbocycles. The Labute approximate surface area is 205 Å². The minimum absolute atomic E-state index is 0.0739. The molecular weight excluding hydrogens is 480 g/mol. The summed E-state index contributed by atoms with van der Waals surface area (Å²) in [5.74, 6) is 0.273. The van der Waals surface area contributed by atoms with Crippen LogP contribution in [0.5, 0.6) is 0 Å². The molecule has 0 aliphatic carbocycles. The fraction of sp³-hybridized carbons (Fsp3) is 0.174. The van der Waals surface area contributed by atoms with Crippen LogP contribution in [0.4, 0.5) is 11.4 Å². The summed E-state index contributed by atoms with van der Waals surface area (Å²) in [4.78, 5) is 29.3. The molecular formula is C23H21ClN4O3S2. The lowest BCUT2D eigenvalue weighted by molar-refractivity contribution is -0.115. The third-order valence-corrected chi connectivity index (χ3v) is 6.39. The highest BCUT2D eigenvalue weighted by atomic mass is 35.5. The van der Waals surface area contributed by atoms with Crippen molar-refractivity contribution in [1.82, 2.24) is 10.2 Å². The number of hydrogen-bond donors (Lipinski definition) is 2. The van der Waals surface area contributed by atoms with Gasteiger partial charge in [0.2, 0.25) is 5.91 Å². The Bertz CT molecular complexity index is 1150. The first kappa shape index (κ1) is 23.0. The number of amides is 2. The summed E-state index contributed by atoms with van der Waals surface area (Å²) in [6, 6.07) is 12.7. The second-order valence-corrected chi connectivity index (χ2v) is 8.98. The summed E-state index contributed by atoms with van der Waals surface area (Å²) >= 11 is 13.2. The van der Waals surface area contributed by atoms with Crippen LogP contribution in [-0.4, -0.2) is 48.0 Å². The number of benzene rings is 1. The van der Waals surface area contributed by atoms with Crippen LogP contribution in [-0.2, 0) is 4.79 Å². The van der Waals surface area contributed by atoms with Crippen LogP contribution in [0.3, 0.4) is 0 Å². The molecule has 0 bridgehead atoms. The van der Waals surface area contributed by atoms with Crippen molar-refractivity contribution >= 4 is 69.5 Å². The van der Waals surface area contributed by atoms with Gasteiger partial charge in [-0.25, -0.2) is 0 Å². The Morgan fingerprint density at radius 2 is 1.94 bits per heavy atom. The second kappa shape index (κ2) is 10.7. The Hall–Kier alpha value is -3.14. The number of carbonyl (C=O) groups excluding carboxylic acids is 2. The van der Waals surface area contributed by atoms with E-state index in [1.165, 1.54) is 23.7 Å². The van der Waals surface area contributed by atoms with Crippen LogP contribution in [0.1, 0.15) is 15.4 Å². The molecule has 1 aromatic carbocycles. The van der Waals surface area contributed by atoms with Gasteiger partial charge in [0.15, 0.2) is 5.11 Å². The standard InChI is InChI=1S/C23H21ClN4O3S2/c24-18-15-16(25-23(32)26-21(29)8-6-17-3-1-13-31-17)5-7-19(18)27-9-11-28(12-10-27)22(30)20-4-2-14-33-20/h1-8,13-15H,9-12H2,(H2,25,26,29,32)/b8-6+. The molecule has 0 spiro atoms. The highest BCUT2D eigenvalue weighted by molar-refractivity contribution is 7.80. The molecule has 3 heterocycles. The zero-order chi connectivity index (χ0) is 23.2. The summed E-state index contributed by atoms with van der Waals surface area (Å²) < 4.78 is 5.14. The number of rotatable bonds is 5. The Kier molecular flexibility index (Phi) is 7.43. The van der Waals surface area contributed by atoms with Crippen LogP contribution in [0.15, 0.2) is 64.6 Å². The van der Waals surface area contributed by atoms with Gasteiger partial charge in [0.1, 0.15) is 5.76 Å². The zero-order valence-corrected chi connectivity index (χ0v) is 19.9. The van der Waals surface area contributed by atoms with Crippen molar-refractivity contribution in [3.63, 3.8) is 0 Å². The predicted molar refractivity (Wildman–Crippen MR) is 136 cm³/mol. The molecule has 1 fully saturated rings. The van der Waals surface area contributed by atoms with Gasteiger partial charge in [-0.05, 0) is 60.1 Å². The zero-order valence-electron chi connectivity index (χ0n) is 17.5. The number of nitrogens with zero attached hydrogens (tertiary/aromatic N) is 2. The van der Waals surface area contributed by atoms with Crippen molar-refractivity contribution in [3.05, 3.63) is 75.8 Å². The van der Waals surface area contributed by atoms with Gasteiger partial charge < -0.3 is 19.5 Å². The monoisotopic (exact) mass is 500 g/mol. The quantitative estimate of drug-likeness (QED) is 0.397. The molecule has 1 saturated heterocycles. The van der Waals surface area contributed by atoms with Gasteiger partial charge in [-0.3, -0.25) is 14.9 Å². The number of piperazine rings is 1. The van der Waals surface area contributed by atoms with Gasteiger partial charge in [-0.15, -0.1) is 11.3 Å². The molecule has 0 atom stereocenters. The summed E-state index contributed by atoms with van der Waals surface area (Å²) in [7, 11) is 0. The van der Waals surface area contributed by atoms with Gasteiger partial charge in [0.05, 0.1) is 21.9 Å². The molecule has 4 rings (SSSR count). The van der Waals surface area contributed by atoms with E-state index >= 15 is 0 Å². The average molecular weight is 501 g/mol. The van der Waals surface area contributed by atoms with Crippen molar-refractivity contribution in [3.8, 4) is 0 Å². The van der Waals surface area contributed by atoms with Crippen molar-refractivity contribution in [2.24, 2.45) is 0 Å². The lowest BCUT2D eigenvalue weighted by Crippen LogP contribution is -2.48. The third-order valence-electron chi connectivity index (χ3n) is 5.02. The molecule has 3 aromatic rings. The summed E-state index contributed by atoms with van der Waals surface area (Å²) in [5, 5.41) is 8.17. The molecule has 7 nitrogen and oxygen atoms in total. The first-order chi connectivity index (χ1) is 16.0. The van der Waals surface area contributed by atoms with Gasteiger partial charge in [0, 0.05) is 37.9 Å². The summed E-state index contributed by atoms with van der Waals surface area (Å²) in [6.07, 6.45) is 4.42. The van der Waals surface area contributed by atoms with Crippen LogP contribution in [0.2, 0.25) is 5.02 Å². The second-order valence-electron chi connectivity index (χ2n) is 7.21. The first-order valence-corrected chi connectivity index (χ1v) is 11.9. The van der Waals surface area contributed by atoms with Crippen molar-refractivity contribution < 1.29 is 14.0 Å². The number of carbonyl (C=O) groups is 2. The van der Waals surface area contributed by atoms with Crippen molar-refractivity contribution in [1.29, 1.82) is 0 Å². The molecule has 2 amide bonds. The maximum Gasteiger partial charge on any atom is 0.264 e. The van der Waals surface area contributed by atoms with E-state index in [0.29, 0.717) is 42.6 Å². The van der Waals surface area contributed by atoms with E-state index in [1.54, 1.807) is 24.3 Å². The largest absolute Gasteiger partial charge is 0.465 e. The smallest absolute Gasteiger partial charge is 0.264 e. The number of hydrogen-bond acceptors (Lipinski definition) is 6. The molecule has 2 aromatic heterocycles. The molecule has 0 unspecified atom stereocenters. The Morgan fingerprint density at radius 3 is 2.61 bits per heavy atom. The predicted octanol–water partition coefficient (Wildman–Crippen LogP) is 4.48. The number of furan rings is 1. The van der Waals surface area contributed by atoms with Crippen LogP contribution in [0, 0.1) is 0 Å². The number of halogens is 1. The van der Waals surface area contributed by atoms with E-state index in [-0.39, 0.29) is 16.9 Å². The van der Waals surface area contributed by atoms with Crippen LogP contribution in [0.25, 0.3) is 6.08 Å². The highest BCUT2D eigenvalue weighted by Gasteiger charge is 2.24. The van der Waals surface area contributed by atoms with Gasteiger partial charge in [-0.2, -0.15) is 0 Å². The summed E-state index contributed by atoms with van der Waals surface area (Å²) in [5.41, 5.74) is 1.55. The Morgan fingerprint density at radius 1 is 1.12 bits per heavy atom. The molecule has 10 heteroatoms. The van der Waals surface area contributed by atoms with Crippen molar-refractivity contribution in [2.45, 2.75) is 0 Å². The van der Waals surface area contributed by atoms with E-state index in [2.05, 4.69) is 15.5 Å². The minimum Gasteiger partial charge on any atom is -0.465 e. The maximum atomic E-state index is 12.5. The first-order valence-electron chi connectivity index (χ1n) is 10.2. The molecule has 0 radical (unpaired) electrons. The number of thiocarbonyl (C=S) groups is 1. The topological polar surface area (TPSA) is 77.8 Å². The molecule has 1 aliphatic heterocycles. The van der Waals surface area contributed by atoms with Gasteiger partial charge >= 0.3 is 0 Å². The number of anilines is 2. The fourth-order valence-electron chi connectivity index (χ4n) is 3.41. The van der Waals surface area contributed by atoms with Gasteiger partial charge in [0.25, 0.3) is 5.91 Å². The van der Waals surface area contributed by atoms with E-state index in [4.69, 9.17) is 28.2 Å². The lowest BCUT2D eigenvalue weighted by Gasteiger charge is -2.36. The SMILES string of the molecule is O=C(/C=C/c1ccco1)NC(=S)Nc1ccc(N2CCN(C(=O)c3cccs3)CC2)c(Cl)c1. The van der Waals surface area contributed by atoms with Crippen molar-refractivity contribution in [2.75, 3.05) is 36.4 Å². The Balaban J connectivity index is 1.29.